The van der Waals surface area contributed by atoms with Gasteiger partial charge in [-0.3, -0.25) is 4.72 Å². The average Bonchev–Trinajstić information content (AvgIpc) is 2.40. The van der Waals surface area contributed by atoms with Crippen LogP contribution < -0.4 is 15.2 Å². The summed E-state index contributed by atoms with van der Waals surface area (Å²) in [4.78, 5) is -0.555. The predicted octanol–water partition coefficient (Wildman–Crippen LogP) is 2.53. The minimum Gasteiger partial charge on any atom is -0.497 e. The van der Waals surface area contributed by atoms with E-state index < -0.39 is 20.7 Å². The molecule has 0 radical (unpaired) electrons. The Bertz CT molecular complexity index is 756. The van der Waals surface area contributed by atoms with Gasteiger partial charge in [0.15, 0.2) is 0 Å². The molecule has 0 heterocycles. The molecule has 2 aromatic carbocycles. The van der Waals surface area contributed by atoms with Crippen molar-refractivity contribution in [3.8, 4) is 5.75 Å². The van der Waals surface area contributed by atoms with Crippen LogP contribution in [0.15, 0.2) is 41.3 Å². The minimum atomic E-state index is -4.11. The number of hydrogen-bond acceptors (Lipinski definition) is 4. The lowest BCUT2D eigenvalue weighted by Crippen LogP contribution is -2.17. The number of nitrogen functional groups attached to an aromatic ring is 1. The molecule has 0 aliphatic carbocycles. The number of anilines is 2. The molecular weight excluding hydrogens is 295 g/mol. The normalized spacial score (nSPS) is 11.2. The van der Waals surface area contributed by atoms with E-state index in [1.807, 2.05) is 0 Å². The van der Waals surface area contributed by atoms with Crippen molar-refractivity contribution < 1.29 is 17.5 Å². The number of nitrogens with one attached hydrogen (secondary N) is 1. The van der Waals surface area contributed by atoms with Crippen LogP contribution in [0.3, 0.4) is 0 Å². The number of benzene rings is 2. The van der Waals surface area contributed by atoms with Crippen LogP contribution in [-0.2, 0) is 10.0 Å². The number of sulfonamides is 1. The first-order valence-corrected chi connectivity index (χ1v) is 7.55. The van der Waals surface area contributed by atoms with Crippen molar-refractivity contribution in [1.29, 1.82) is 0 Å². The van der Waals surface area contributed by atoms with Crippen molar-refractivity contribution in [3.63, 3.8) is 0 Å². The molecule has 0 unspecified atom stereocenters. The Hall–Kier alpha value is -2.28. The third-order valence-corrected chi connectivity index (χ3v) is 4.40. The number of methoxy groups -OCH3 is 1. The van der Waals surface area contributed by atoms with Crippen LogP contribution in [0.5, 0.6) is 5.75 Å². The monoisotopic (exact) mass is 310 g/mol. The SMILES string of the molecule is COc1ccc(NS(=O)(=O)c2c(N)cccc2F)c(C)c1. The van der Waals surface area contributed by atoms with Crippen molar-refractivity contribution in [2.24, 2.45) is 0 Å². The van der Waals surface area contributed by atoms with Crippen molar-refractivity contribution in [2.45, 2.75) is 11.8 Å². The maximum absolute atomic E-state index is 13.7. The number of nitrogens with two attached hydrogens (primary N) is 1. The minimum absolute atomic E-state index is 0.145. The first-order valence-electron chi connectivity index (χ1n) is 6.06. The second kappa shape index (κ2) is 5.61. The van der Waals surface area contributed by atoms with Crippen molar-refractivity contribution in [1.82, 2.24) is 0 Å². The standard InChI is InChI=1S/C14H15FN2O3S/c1-9-8-10(20-2)6-7-13(9)17-21(18,19)14-11(15)4-3-5-12(14)16/h3-8,17H,16H2,1-2H3. The van der Waals surface area contributed by atoms with Crippen molar-refractivity contribution >= 4 is 21.4 Å². The first kappa shape index (κ1) is 15.1. The van der Waals surface area contributed by atoms with Gasteiger partial charge in [-0.25, -0.2) is 12.8 Å². The van der Waals surface area contributed by atoms with Gasteiger partial charge in [0.05, 0.1) is 18.5 Å². The topological polar surface area (TPSA) is 81.4 Å². The summed E-state index contributed by atoms with van der Waals surface area (Å²) in [5, 5.41) is 0. The summed E-state index contributed by atoms with van der Waals surface area (Å²) in [7, 11) is -2.60. The largest absolute Gasteiger partial charge is 0.497 e. The Morgan fingerprint density at radius 2 is 1.95 bits per heavy atom. The molecule has 0 aliphatic heterocycles. The quantitative estimate of drug-likeness (QED) is 0.850. The Morgan fingerprint density at radius 3 is 2.52 bits per heavy atom. The van der Waals surface area contributed by atoms with Gasteiger partial charge in [0.1, 0.15) is 16.5 Å². The zero-order valence-electron chi connectivity index (χ0n) is 11.6. The van der Waals surface area contributed by atoms with E-state index in [1.54, 1.807) is 25.1 Å². The molecule has 112 valence electrons. The Kier molecular flexibility index (Phi) is 4.04. The van der Waals surface area contributed by atoms with Gasteiger partial charge in [0.2, 0.25) is 0 Å². The van der Waals surface area contributed by atoms with Crippen LogP contribution >= 0.6 is 0 Å². The van der Waals surface area contributed by atoms with Gasteiger partial charge in [-0.2, -0.15) is 0 Å². The highest BCUT2D eigenvalue weighted by Gasteiger charge is 2.22. The third-order valence-electron chi connectivity index (χ3n) is 2.94. The molecule has 0 atom stereocenters. The second-order valence-corrected chi connectivity index (χ2v) is 6.06. The highest BCUT2D eigenvalue weighted by molar-refractivity contribution is 7.92. The predicted molar refractivity (Wildman–Crippen MR) is 79.4 cm³/mol. The van der Waals surface area contributed by atoms with Crippen LogP contribution in [-0.4, -0.2) is 15.5 Å². The summed E-state index contributed by atoms with van der Waals surface area (Å²) in [6.07, 6.45) is 0. The van der Waals surface area contributed by atoms with Gasteiger partial charge in [-0.15, -0.1) is 0 Å². The number of ether oxygens (including phenoxy) is 1. The van der Waals surface area contributed by atoms with E-state index in [-0.39, 0.29) is 5.69 Å². The lowest BCUT2D eigenvalue weighted by Gasteiger charge is -2.13. The molecular formula is C14H15FN2O3S. The number of hydrogen-bond donors (Lipinski definition) is 2. The summed E-state index contributed by atoms with van der Waals surface area (Å²) in [5.74, 6) is -0.297. The van der Waals surface area contributed by atoms with Crippen LogP contribution in [0, 0.1) is 12.7 Å². The number of rotatable bonds is 4. The smallest absolute Gasteiger partial charge is 0.266 e. The molecule has 2 rings (SSSR count). The molecule has 0 aromatic heterocycles. The lowest BCUT2D eigenvalue weighted by molar-refractivity contribution is 0.414. The van der Waals surface area contributed by atoms with Crippen molar-refractivity contribution in [3.05, 3.63) is 47.8 Å². The average molecular weight is 310 g/mol. The molecule has 2 aromatic rings. The Labute approximate surface area is 122 Å². The summed E-state index contributed by atoms with van der Waals surface area (Å²) in [6, 6.07) is 8.55. The zero-order chi connectivity index (χ0) is 15.6. The maximum Gasteiger partial charge on any atom is 0.266 e. The lowest BCUT2D eigenvalue weighted by atomic mass is 10.2. The van der Waals surface area contributed by atoms with E-state index in [0.717, 1.165) is 6.07 Å². The Balaban J connectivity index is 2.43. The molecule has 3 N–H and O–H groups in total. The van der Waals surface area contributed by atoms with E-state index in [9.17, 15) is 12.8 Å². The van der Waals surface area contributed by atoms with Crippen LogP contribution in [0.4, 0.5) is 15.8 Å². The molecule has 21 heavy (non-hydrogen) atoms. The van der Waals surface area contributed by atoms with Gasteiger partial charge in [-0.05, 0) is 42.8 Å². The Morgan fingerprint density at radius 1 is 1.24 bits per heavy atom. The molecule has 0 saturated carbocycles. The molecule has 0 amide bonds. The molecule has 0 spiro atoms. The number of aryl methyl sites for hydroxylation is 1. The van der Waals surface area contributed by atoms with Gasteiger partial charge < -0.3 is 10.5 Å². The first-order chi connectivity index (χ1) is 9.85. The second-order valence-electron chi connectivity index (χ2n) is 4.44. The summed E-state index contributed by atoms with van der Waals surface area (Å²) in [6.45, 7) is 1.71. The summed E-state index contributed by atoms with van der Waals surface area (Å²) >= 11 is 0. The molecule has 5 nitrogen and oxygen atoms in total. The van der Waals surface area contributed by atoms with E-state index >= 15 is 0 Å². The third kappa shape index (κ3) is 3.08. The zero-order valence-corrected chi connectivity index (χ0v) is 12.4. The van der Waals surface area contributed by atoms with Gasteiger partial charge in [0, 0.05) is 0 Å². The highest BCUT2D eigenvalue weighted by atomic mass is 32.2. The van der Waals surface area contributed by atoms with Gasteiger partial charge in [-0.1, -0.05) is 6.07 Å². The van der Waals surface area contributed by atoms with Crippen LogP contribution in [0.1, 0.15) is 5.56 Å². The molecule has 0 saturated heterocycles. The van der Waals surface area contributed by atoms with E-state index in [1.165, 1.54) is 19.2 Å². The molecule has 0 aliphatic rings. The fourth-order valence-electron chi connectivity index (χ4n) is 1.88. The fourth-order valence-corrected chi connectivity index (χ4v) is 3.21. The number of halogens is 1. The fraction of sp³-hybridized carbons (Fsp3) is 0.143. The molecule has 0 bridgehead atoms. The maximum atomic E-state index is 13.7. The molecule has 0 fully saturated rings. The molecule has 7 heteroatoms. The van der Waals surface area contributed by atoms with Crippen LogP contribution in [0.25, 0.3) is 0 Å². The van der Waals surface area contributed by atoms with Gasteiger partial charge in [0.25, 0.3) is 10.0 Å². The van der Waals surface area contributed by atoms with E-state index in [0.29, 0.717) is 17.0 Å². The summed E-state index contributed by atoms with van der Waals surface area (Å²) < 4.78 is 45.7. The van der Waals surface area contributed by atoms with Crippen molar-refractivity contribution in [2.75, 3.05) is 17.6 Å². The van der Waals surface area contributed by atoms with E-state index in [4.69, 9.17) is 10.5 Å². The highest BCUT2D eigenvalue weighted by Crippen LogP contribution is 2.27. The summed E-state index contributed by atoms with van der Waals surface area (Å²) in [5.41, 5.74) is 6.40. The van der Waals surface area contributed by atoms with E-state index in [2.05, 4.69) is 4.72 Å². The van der Waals surface area contributed by atoms with Gasteiger partial charge >= 0.3 is 0 Å². The van der Waals surface area contributed by atoms with Crippen LogP contribution in [0.2, 0.25) is 0 Å².